The molecule has 1 saturated heterocycles. The Balaban J connectivity index is 0.00000341. The highest BCUT2D eigenvalue weighted by molar-refractivity contribution is 5.85. The fourth-order valence-corrected chi connectivity index (χ4v) is 3.46. The van der Waals surface area contributed by atoms with Crippen molar-refractivity contribution in [1.29, 1.82) is 0 Å². The van der Waals surface area contributed by atoms with E-state index in [1.807, 2.05) is 4.90 Å². The van der Waals surface area contributed by atoms with Crippen molar-refractivity contribution in [2.45, 2.75) is 12.8 Å². The minimum Gasteiger partial charge on any atom is -0.499 e. The first-order valence-corrected chi connectivity index (χ1v) is 9.53. The van der Waals surface area contributed by atoms with Crippen molar-refractivity contribution >= 4 is 23.9 Å². The minimum atomic E-state index is -0.842. The Morgan fingerprint density at radius 1 is 1.06 bits per heavy atom. The maximum atomic E-state index is 14.3. The molecule has 0 saturated carbocycles. The molecule has 0 spiro atoms. The van der Waals surface area contributed by atoms with Crippen LogP contribution in [0, 0.1) is 29.2 Å². The predicted octanol–water partition coefficient (Wildman–Crippen LogP) is 4.87. The van der Waals surface area contributed by atoms with Crippen LogP contribution in [0.2, 0.25) is 0 Å². The summed E-state index contributed by atoms with van der Waals surface area (Å²) in [5.74, 6) is -4.37. The summed E-state index contributed by atoms with van der Waals surface area (Å²) in [6.45, 7) is 1.64. The van der Waals surface area contributed by atoms with E-state index in [9.17, 15) is 22.4 Å². The van der Waals surface area contributed by atoms with E-state index >= 15 is 0 Å². The summed E-state index contributed by atoms with van der Waals surface area (Å²) in [7, 11) is 0. The van der Waals surface area contributed by atoms with Gasteiger partial charge in [0.05, 0.1) is 12.2 Å². The first-order chi connectivity index (χ1) is 14.3. The van der Waals surface area contributed by atoms with Crippen LogP contribution in [0.25, 0.3) is 5.57 Å². The molecule has 3 rings (SSSR count). The molecular weight excluding hydrogens is 438 g/mol. The quantitative estimate of drug-likeness (QED) is 0.365. The molecule has 9 heteroatoms. The third-order valence-electron chi connectivity index (χ3n) is 5.02. The zero-order valence-electron chi connectivity index (χ0n) is 16.5. The van der Waals surface area contributed by atoms with Crippen LogP contribution in [-0.2, 0) is 9.53 Å². The van der Waals surface area contributed by atoms with Gasteiger partial charge in [0, 0.05) is 29.8 Å². The smallest absolute Gasteiger partial charge is 0.307 e. The topological polar surface area (TPSA) is 49.8 Å². The van der Waals surface area contributed by atoms with Crippen molar-refractivity contribution in [3.63, 3.8) is 0 Å². The average Bonchev–Trinajstić information content (AvgIpc) is 2.72. The Morgan fingerprint density at radius 3 is 2.19 bits per heavy atom. The largest absolute Gasteiger partial charge is 0.499 e. The number of carbonyl (C=O) groups is 1. The number of rotatable bonds is 7. The molecule has 31 heavy (non-hydrogen) atoms. The molecule has 0 unspecified atom stereocenters. The van der Waals surface area contributed by atoms with E-state index in [-0.39, 0.29) is 35.7 Å². The number of aliphatic carboxylic acids is 1. The Morgan fingerprint density at radius 2 is 1.65 bits per heavy atom. The van der Waals surface area contributed by atoms with Crippen molar-refractivity contribution in [2.75, 3.05) is 26.2 Å². The van der Waals surface area contributed by atoms with Crippen LogP contribution in [0.3, 0.4) is 0 Å². The van der Waals surface area contributed by atoms with Gasteiger partial charge < -0.3 is 9.84 Å². The van der Waals surface area contributed by atoms with Crippen LogP contribution >= 0.6 is 12.4 Å². The zero-order valence-corrected chi connectivity index (χ0v) is 17.3. The van der Waals surface area contributed by atoms with Gasteiger partial charge in [-0.2, -0.15) is 0 Å². The SMILES string of the molecule is Cl.O=C(O)[C@@H]1CCCN(CCOC=C(c2cc(F)ccc2F)c2cc(F)ccc2F)C1. The summed E-state index contributed by atoms with van der Waals surface area (Å²) in [6.07, 6.45) is 2.45. The molecular formula is C22H22ClF4NO3. The van der Waals surface area contributed by atoms with Gasteiger partial charge in [0.2, 0.25) is 0 Å². The lowest BCUT2D eigenvalue weighted by atomic mass is 9.98. The third kappa shape index (κ3) is 6.45. The number of carboxylic acids is 1. The molecule has 4 nitrogen and oxygen atoms in total. The molecule has 0 aliphatic carbocycles. The lowest BCUT2D eigenvalue weighted by Crippen LogP contribution is -2.40. The fraction of sp³-hybridized carbons (Fsp3) is 0.318. The van der Waals surface area contributed by atoms with Crippen molar-refractivity contribution in [3.8, 4) is 0 Å². The van der Waals surface area contributed by atoms with Crippen molar-refractivity contribution in [1.82, 2.24) is 4.90 Å². The van der Waals surface area contributed by atoms with E-state index in [0.29, 0.717) is 19.5 Å². The Hall–Kier alpha value is -2.58. The molecule has 0 amide bonds. The number of benzene rings is 2. The molecule has 1 N–H and O–H groups in total. The normalized spacial score (nSPS) is 16.3. The van der Waals surface area contributed by atoms with Crippen molar-refractivity contribution in [3.05, 3.63) is 77.1 Å². The zero-order chi connectivity index (χ0) is 21.7. The molecule has 0 aromatic heterocycles. The lowest BCUT2D eigenvalue weighted by molar-refractivity contribution is -0.143. The molecule has 1 heterocycles. The van der Waals surface area contributed by atoms with Gasteiger partial charge in [0.15, 0.2) is 0 Å². The molecule has 0 radical (unpaired) electrons. The number of hydrogen-bond acceptors (Lipinski definition) is 3. The van der Waals surface area contributed by atoms with E-state index in [4.69, 9.17) is 9.84 Å². The molecule has 2 aromatic carbocycles. The van der Waals surface area contributed by atoms with Gasteiger partial charge in [-0.05, 0) is 55.8 Å². The second kappa shape index (κ2) is 11.2. The van der Waals surface area contributed by atoms with E-state index < -0.39 is 35.2 Å². The summed E-state index contributed by atoms with van der Waals surface area (Å²) >= 11 is 0. The third-order valence-corrected chi connectivity index (χ3v) is 5.02. The predicted molar refractivity (Wildman–Crippen MR) is 110 cm³/mol. The molecule has 2 aromatic rings. The summed E-state index contributed by atoms with van der Waals surface area (Å²) in [5, 5.41) is 9.15. The number of carboxylic acid groups (broad SMARTS) is 1. The highest BCUT2D eigenvalue weighted by atomic mass is 35.5. The number of piperidine rings is 1. The van der Waals surface area contributed by atoms with Crippen LogP contribution in [0.5, 0.6) is 0 Å². The monoisotopic (exact) mass is 459 g/mol. The molecule has 1 aliphatic rings. The molecule has 1 aliphatic heterocycles. The van der Waals surface area contributed by atoms with E-state index in [1.165, 1.54) is 0 Å². The van der Waals surface area contributed by atoms with Crippen LogP contribution < -0.4 is 0 Å². The summed E-state index contributed by atoms with van der Waals surface area (Å²) in [6, 6.07) is 5.42. The minimum absolute atomic E-state index is 0. The van der Waals surface area contributed by atoms with Gasteiger partial charge in [0.25, 0.3) is 0 Å². The van der Waals surface area contributed by atoms with Gasteiger partial charge in [0.1, 0.15) is 29.9 Å². The van der Waals surface area contributed by atoms with Gasteiger partial charge in [-0.25, -0.2) is 17.6 Å². The standard InChI is InChI=1S/C22H21F4NO3.ClH/c23-15-3-5-20(25)17(10-15)19(18-11-16(24)4-6-21(18)26)13-30-9-8-27-7-1-2-14(12-27)22(28)29;/h3-6,10-11,13-14H,1-2,7-9,12H2,(H,28,29);1H/t14-;/m1./s1. The molecule has 0 bridgehead atoms. The maximum Gasteiger partial charge on any atom is 0.307 e. The van der Waals surface area contributed by atoms with Crippen LogP contribution in [0.15, 0.2) is 42.7 Å². The average molecular weight is 460 g/mol. The number of ether oxygens (including phenoxy) is 1. The van der Waals surface area contributed by atoms with E-state index in [2.05, 4.69) is 0 Å². The fourth-order valence-electron chi connectivity index (χ4n) is 3.46. The van der Waals surface area contributed by atoms with Crippen molar-refractivity contribution < 1.29 is 32.2 Å². The number of nitrogens with zero attached hydrogens (tertiary/aromatic N) is 1. The van der Waals surface area contributed by atoms with Gasteiger partial charge in [-0.15, -0.1) is 12.4 Å². The van der Waals surface area contributed by atoms with E-state index in [0.717, 1.165) is 55.6 Å². The first-order valence-electron chi connectivity index (χ1n) is 9.53. The summed E-state index contributed by atoms with van der Waals surface area (Å²) in [4.78, 5) is 13.1. The molecule has 1 atom stereocenters. The number of likely N-dealkylation sites (tertiary alicyclic amines) is 1. The molecule has 168 valence electrons. The Labute approximate surface area is 183 Å². The molecule has 1 fully saturated rings. The lowest BCUT2D eigenvalue weighted by Gasteiger charge is -2.30. The van der Waals surface area contributed by atoms with Crippen LogP contribution in [0.1, 0.15) is 24.0 Å². The highest BCUT2D eigenvalue weighted by Crippen LogP contribution is 2.29. The Bertz CT molecular complexity index is 901. The van der Waals surface area contributed by atoms with Gasteiger partial charge >= 0.3 is 5.97 Å². The van der Waals surface area contributed by atoms with Crippen LogP contribution in [0.4, 0.5) is 17.6 Å². The maximum absolute atomic E-state index is 14.3. The first kappa shape index (κ1) is 24.7. The summed E-state index contributed by atoms with van der Waals surface area (Å²) in [5.41, 5.74) is -0.655. The second-order valence-electron chi connectivity index (χ2n) is 7.13. The summed E-state index contributed by atoms with van der Waals surface area (Å²) < 4.78 is 61.4. The second-order valence-corrected chi connectivity index (χ2v) is 7.13. The highest BCUT2D eigenvalue weighted by Gasteiger charge is 2.25. The Kier molecular flexibility index (Phi) is 8.88. The van der Waals surface area contributed by atoms with Crippen LogP contribution in [-0.4, -0.2) is 42.2 Å². The van der Waals surface area contributed by atoms with E-state index in [1.54, 1.807) is 0 Å². The number of halogens is 5. The number of hydrogen-bond donors (Lipinski definition) is 1. The van der Waals surface area contributed by atoms with Crippen molar-refractivity contribution in [2.24, 2.45) is 5.92 Å². The van der Waals surface area contributed by atoms with Gasteiger partial charge in [-0.1, -0.05) is 0 Å². The van der Waals surface area contributed by atoms with Gasteiger partial charge in [-0.3, -0.25) is 9.69 Å².